The minimum absolute atomic E-state index is 0.152. The van der Waals surface area contributed by atoms with E-state index in [2.05, 4.69) is 10.3 Å². The van der Waals surface area contributed by atoms with Crippen LogP contribution in [-0.4, -0.2) is 36.5 Å². The minimum atomic E-state index is -1.20. The van der Waals surface area contributed by atoms with Gasteiger partial charge in [-0.1, -0.05) is 24.3 Å². The van der Waals surface area contributed by atoms with Gasteiger partial charge in [0.2, 0.25) is 6.17 Å². The van der Waals surface area contributed by atoms with Gasteiger partial charge in [0, 0.05) is 24.2 Å². The molecule has 0 saturated carbocycles. The van der Waals surface area contributed by atoms with Gasteiger partial charge in [0.05, 0.1) is 23.0 Å². The Morgan fingerprint density at radius 1 is 1.12 bits per heavy atom. The molecule has 0 fully saturated rings. The maximum Gasteiger partial charge on any atom is 0.409 e. The zero-order chi connectivity index (χ0) is 23.0. The van der Waals surface area contributed by atoms with Crippen molar-refractivity contribution in [2.45, 2.75) is 32.5 Å². The van der Waals surface area contributed by atoms with Gasteiger partial charge in [0.15, 0.2) is 5.43 Å². The largest absolute Gasteiger partial charge is 0.464 e. The summed E-state index contributed by atoms with van der Waals surface area (Å²) in [7, 11) is 1.63. The molecule has 8 heteroatoms. The van der Waals surface area contributed by atoms with Gasteiger partial charge >= 0.3 is 6.09 Å². The first-order chi connectivity index (χ1) is 15.1. The average molecular weight is 433 g/mol. The Bertz CT molecular complexity index is 1300. The fourth-order valence-corrected chi connectivity index (χ4v) is 3.50. The summed E-state index contributed by atoms with van der Waals surface area (Å²) in [6, 6.07) is 13.8. The van der Waals surface area contributed by atoms with Crippen LogP contribution in [0.15, 0.2) is 69.0 Å². The van der Waals surface area contributed by atoms with Gasteiger partial charge in [-0.05, 0) is 39.0 Å². The predicted molar refractivity (Wildman–Crippen MR) is 121 cm³/mol. The number of hydrogen-bond donors (Lipinski definition) is 1. The van der Waals surface area contributed by atoms with E-state index in [4.69, 9.17) is 9.15 Å². The monoisotopic (exact) mass is 433 g/mol. The van der Waals surface area contributed by atoms with E-state index >= 15 is 0 Å². The van der Waals surface area contributed by atoms with Crippen LogP contribution in [0.5, 0.6) is 0 Å². The molecule has 1 N–H and O–H groups in total. The molecule has 2 heterocycles. The molecule has 0 bridgehead atoms. The smallest absolute Gasteiger partial charge is 0.409 e. The number of nitrogens with one attached hydrogen (secondary N) is 1. The molecule has 8 nitrogen and oxygen atoms in total. The fraction of sp³-hybridized carbons (Fsp3) is 0.250. The molecule has 164 valence electrons. The lowest BCUT2D eigenvalue weighted by Crippen LogP contribution is -2.47. The van der Waals surface area contributed by atoms with E-state index < -0.39 is 23.8 Å². The summed E-state index contributed by atoms with van der Waals surface area (Å²) >= 11 is 0. The fourth-order valence-electron chi connectivity index (χ4n) is 3.50. The highest BCUT2D eigenvalue weighted by atomic mass is 16.6. The summed E-state index contributed by atoms with van der Waals surface area (Å²) < 4.78 is 10.8. The van der Waals surface area contributed by atoms with Gasteiger partial charge in [-0.3, -0.25) is 14.9 Å². The number of benzodiazepines with no additional fused rings is 1. The number of benzene rings is 2. The van der Waals surface area contributed by atoms with Crippen molar-refractivity contribution < 1.29 is 18.7 Å². The van der Waals surface area contributed by atoms with Crippen molar-refractivity contribution in [3.05, 3.63) is 76.1 Å². The van der Waals surface area contributed by atoms with Gasteiger partial charge in [-0.2, -0.15) is 0 Å². The van der Waals surface area contributed by atoms with Crippen molar-refractivity contribution in [1.82, 2.24) is 5.32 Å². The Kier molecular flexibility index (Phi) is 5.30. The summed E-state index contributed by atoms with van der Waals surface area (Å²) in [6.07, 6.45) is -0.611. The summed E-state index contributed by atoms with van der Waals surface area (Å²) in [5.74, 6) is -0.411. The van der Waals surface area contributed by atoms with Gasteiger partial charge in [0.1, 0.15) is 11.2 Å². The normalized spacial score (nSPS) is 16.2. The number of fused-ring (bicyclic) bond motifs is 2. The molecule has 4 rings (SSSR count). The van der Waals surface area contributed by atoms with Crippen LogP contribution in [0.4, 0.5) is 10.5 Å². The van der Waals surface area contributed by atoms with Crippen LogP contribution in [0.1, 0.15) is 31.9 Å². The van der Waals surface area contributed by atoms with E-state index in [0.717, 1.165) is 0 Å². The van der Waals surface area contributed by atoms with Crippen LogP contribution in [0.25, 0.3) is 11.0 Å². The summed E-state index contributed by atoms with van der Waals surface area (Å²) in [4.78, 5) is 43.7. The van der Waals surface area contributed by atoms with Crippen molar-refractivity contribution in [3.63, 3.8) is 0 Å². The third-order valence-electron chi connectivity index (χ3n) is 4.93. The van der Waals surface area contributed by atoms with Gasteiger partial charge in [-0.25, -0.2) is 9.79 Å². The Hall–Kier alpha value is -3.94. The van der Waals surface area contributed by atoms with Crippen LogP contribution in [-0.2, 0) is 9.53 Å². The number of aliphatic imine (C=N–C) groups is 1. The Morgan fingerprint density at radius 3 is 2.62 bits per heavy atom. The molecular weight excluding hydrogens is 410 g/mol. The molecule has 0 saturated heterocycles. The highest BCUT2D eigenvalue weighted by molar-refractivity contribution is 6.20. The second-order valence-corrected chi connectivity index (χ2v) is 8.44. The molecule has 3 aromatic rings. The Balaban J connectivity index is 1.84. The summed E-state index contributed by atoms with van der Waals surface area (Å²) in [6.45, 7) is 5.21. The average Bonchev–Trinajstić information content (AvgIpc) is 2.83. The van der Waals surface area contributed by atoms with Crippen LogP contribution >= 0.6 is 0 Å². The summed E-state index contributed by atoms with van der Waals surface area (Å²) in [5.41, 5.74) is 1.98. The van der Waals surface area contributed by atoms with Gasteiger partial charge in [-0.15, -0.1) is 0 Å². The lowest BCUT2D eigenvalue weighted by atomic mass is 9.99. The number of rotatable bonds is 2. The molecule has 0 radical (unpaired) electrons. The van der Waals surface area contributed by atoms with Crippen LogP contribution < -0.4 is 15.6 Å². The van der Waals surface area contributed by atoms with Gasteiger partial charge in [0.25, 0.3) is 5.91 Å². The molecule has 2 aromatic carbocycles. The number of alkyl carbamates (subject to hydrolysis) is 1. The second-order valence-electron chi connectivity index (χ2n) is 8.44. The number of para-hydroxylation sites is 1. The number of anilines is 1. The molecule has 1 atom stereocenters. The maximum absolute atomic E-state index is 13.1. The predicted octanol–water partition coefficient (Wildman–Crippen LogP) is 3.46. The van der Waals surface area contributed by atoms with Crippen LogP contribution in [0.2, 0.25) is 0 Å². The molecule has 1 aliphatic rings. The molecule has 0 spiro atoms. The van der Waals surface area contributed by atoms with E-state index in [0.29, 0.717) is 33.5 Å². The molecule has 1 aliphatic heterocycles. The zero-order valence-electron chi connectivity index (χ0n) is 18.2. The Morgan fingerprint density at radius 2 is 1.88 bits per heavy atom. The van der Waals surface area contributed by atoms with Crippen molar-refractivity contribution in [2.24, 2.45) is 4.99 Å². The van der Waals surface area contributed by atoms with Crippen LogP contribution in [0.3, 0.4) is 0 Å². The number of nitrogens with zero attached hydrogens (tertiary/aromatic N) is 2. The highest BCUT2D eigenvalue weighted by Gasteiger charge is 2.32. The van der Waals surface area contributed by atoms with Crippen molar-refractivity contribution in [2.75, 3.05) is 11.9 Å². The minimum Gasteiger partial charge on any atom is -0.464 e. The van der Waals surface area contributed by atoms with Crippen LogP contribution in [0, 0.1) is 0 Å². The number of hydrogen-bond acceptors (Lipinski definition) is 6. The first kappa shape index (κ1) is 21.3. The summed E-state index contributed by atoms with van der Waals surface area (Å²) in [5, 5.41) is 3.00. The van der Waals surface area contributed by atoms with Crippen molar-refractivity contribution in [3.8, 4) is 0 Å². The molecule has 32 heavy (non-hydrogen) atoms. The highest BCUT2D eigenvalue weighted by Crippen LogP contribution is 2.28. The molecule has 2 amide bonds. The first-order valence-electron chi connectivity index (χ1n) is 10.1. The van der Waals surface area contributed by atoms with E-state index in [9.17, 15) is 14.4 Å². The quantitative estimate of drug-likeness (QED) is 0.667. The zero-order valence-corrected chi connectivity index (χ0v) is 18.2. The third kappa shape index (κ3) is 4.12. The molecule has 1 aromatic heterocycles. The lowest BCUT2D eigenvalue weighted by molar-refractivity contribution is -0.120. The lowest BCUT2D eigenvalue weighted by Gasteiger charge is -2.23. The number of likely N-dealkylation sites (N-methyl/N-ethyl adjacent to an activating group) is 1. The topological polar surface area (TPSA) is 101 Å². The van der Waals surface area contributed by atoms with E-state index in [1.165, 1.54) is 17.2 Å². The number of ether oxygens (including phenoxy) is 1. The number of carbonyl (C=O) groups excluding carboxylic acids is 2. The standard InChI is InChI=1S/C24H23N3O5/c1-24(2,3)32-23(30)26-21-22(29)27(4)17-8-6-5-7-15(17)20(25-21)14-9-10-16-18(28)11-12-31-19(16)13-14/h5-13,21H,1-4H3,(H,26,30). The Labute approximate surface area is 184 Å². The van der Waals surface area contributed by atoms with Crippen molar-refractivity contribution in [1.29, 1.82) is 0 Å². The first-order valence-corrected chi connectivity index (χ1v) is 10.1. The van der Waals surface area contributed by atoms with Crippen molar-refractivity contribution >= 4 is 34.4 Å². The molecular formula is C24H23N3O5. The third-order valence-corrected chi connectivity index (χ3v) is 4.93. The maximum atomic E-state index is 13.1. The molecule has 0 aliphatic carbocycles. The van der Waals surface area contributed by atoms with E-state index in [1.807, 2.05) is 18.2 Å². The molecule has 1 unspecified atom stereocenters. The van der Waals surface area contributed by atoms with E-state index in [-0.39, 0.29) is 5.43 Å². The van der Waals surface area contributed by atoms with Gasteiger partial charge < -0.3 is 14.1 Å². The SMILES string of the molecule is CN1C(=O)C(NC(=O)OC(C)(C)C)N=C(c2ccc3c(=O)ccoc3c2)c2ccccc21. The second kappa shape index (κ2) is 7.96. The number of amides is 2. The number of carbonyl (C=O) groups is 2. The van der Waals surface area contributed by atoms with E-state index in [1.54, 1.807) is 52.1 Å².